The highest BCUT2D eigenvalue weighted by Crippen LogP contribution is 2.25. The Morgan fingerprint density at radius 3 is 2.48 bits per heavy atom. The van der Waals surface area contributed by atoms with Crippen molar-refractivity contribution in [3.63, 3.8) is 0 Å². The number of aromatic nitrogens is 2. The first-order chi connectivity index (χ1) is 16.2. The lowest BCUT2D eigenvalue weighted by molar-refractivity contribution is 0.0946. The fourth-order valence-corrected chi connectivity index (χ4v) is 5.43. The molecule has 3 aromatic rings. The first-order valence-corrected chi connectivity index (χ1v) is 12.7. The largest absolute Gasteiger partial charge is 0.354 e. The summed E-state index contributed by atoms with van der Waals surface area (Å²) in [5, 5.41) is 2.95. The number of rotatable bonds is 5. The molecule has 2 fully saturated rings. The molecule has 1 aliphatic heterocycles. The van der Waals surface area contributed by atoms with Crippen LogP contribution in [-0.2, 0) is 6.54 Å². The van der Waals surface area contributed by atoms with Gasteiger partial charge < -0.3 is 10.2 Å². The molecule has 2 aliphatic rings. The van der Waals surface area contributed by atoms with E-state index in [1.807, 2.05) is 42.5 Å². The van der Waals surface area contributed by atoms with Crippen LogP contribution in [0.3, 0.4) is 0 Å². The molecule has 0 unspecified atom stereocenters. The molecule has 0 atom stereocenters. The lowest BCUT2D eigenvalue weighted by Crippen LogP contribution is -2.51. The van der Waals surface area contributed by atoms with E-state index in [2.05, 4.69) is 36.0 Å². The van der Waals surface area contributed by atoms with Crippen LogP contribution in [0.25, 0.3) is 11.0 Å². The molecule has 0 spiro atoms. The Kier molecular flexibility index (Phi) is 6.88. The minimum Gasteiger partial charge on any atom is -0.354 e. The molecule has 1 saturated carbocycles. The quantitative estimate of drug-likeness (QED) is 0.538. The molecule has 3 heterocycles. The van der Waals surface area contributed by atoms with Crippen molar-refractivity contribution in [3.05, 3.63) is 64.3 Å². The van der Waals surface area contributed by atoms with Crippen molar-refractivity contribution in [3.8, 4) is 0 Å². The summed E-state index contributed by atoms with van der Waals surface area (Å²) in [5.74, 6) is 0.819. The molecule has 6 nitrogen and oxygen atoms in total. The van der Waals surface area contributed by atoms with Crippen molar-refractivity contribution in [2.45, 2.75) is 44.7 Å². The summed E-state index contributed by atoms with van der Waals surface area (Å²) in [7, 11) is 0. The number of halogens is 1. The molecule has 1 amide bonds. The molecule has 7 heteroatoms. The van der Waals surface area contributed by atoms with Gasteiger partial charge in [0.05, 0.1) is 11.0 Å². The average molecular weight is 508 g/mol. The second-order valence-corrected chi connectivity index (χ2v) is 9.95. The standard InChI is InChI=1S/C26H30BrN5O/c27-20-6-4-5-19(17-20)18-28-26(33)24-10-9-23-22(29-24)11-12-25(30-23)32-15-13-31(14-16-32)21-7-2-1-3-8-21/h4-6,9-12,17,21H,1-3,7-8,13-16,18H2,(H,28,33). The summed E-state index contributed by atoms with van der Waals surface area (Å²) < 4.78 is 0.996. The van der Waals surface area contributed by atoms with Crippen molar-refractivity contribution in [1.82, 2.24) is 20.2 Å². The number of carbonyl (C=O) groups is 1. The van der Waals surface area contributed by atoms with Crippen LogP contribution in [-0.4, -0.2) is 53.0 Å². The fraction of sp³-hybridized carbons (Fsp3) is 0.423. The lowest BCUT2D eigenvalue weighted by atomic mass is 9.94. The summed E-state index contributed by atoms with van der Waals surface area (Å²) >= 11 is 3.46. The van der Waals surface area contributed by atoms with Crippen molar-refractivity contribution in [2.24, 2.45) is 0 Å². The van der Waals surface area contributed by atoms with Crippen molar-refractivity contribution in [1.29, 1.82) is 0 Å². The number of hydrogen-bond donors (Lipinski definition) is 1. The SMILES string of the molecule is O=C(NCc1cccc(Br)c1)c1ccc2nc(N3CCN(C4CCCCC4)CC3)ccc2n1. The van der Waals surface area contributed by atoms with Crippen molar-refractivity contribution >= 4 is 38.7 Å². The van der Waals surface area contributed by atoms with E-state index in [4.69, 9.17) is 4.98 Å². The van der Waals surface area contributed by atoms with E-state index in [-0.39, 0.29) is 5.91 Å². The molecule has 1 aliphatic carbocycles. The van der Waals surface area contributed by atoms with E-state index < -0.39 is 0 Å². The van der Waals surface area contributed by atoms with E-state index >= 15 is 0 Å². The van der Waals surface area contributed by atoms with Crippen molar-refractivity contribution in [2.75, 3.05) is 31.1 Å². The number of anilines is 1. The molecule has 2 aromatic heterocycles. The van der Waals surface area contributed by atoms with Crippen LogP contribution in [0.5, 0.6) is 0 Å². The number of nitrogens with zero attached hydrogens (tertiary/aromatic N) is 4. The molecule has 1 saturated heterocycles. The Morgan fingerprint density at radius 2 is 1.70 bits per heavy atom. The Hall–Kier alpha value is -2.51. The number of piperazine rings is 1. The zero-order chi connectivity index (χ0) is 22.6. The lowest BCUT2D eigenvalue weighted by Gasteiger charge is -2.41. The van der Waals surface area contributed by atoms with Crippen LogP contribution in [0.15, 0.2) is 53.0 Å². The highest BCUT2D eigenvalue weighted by molar-refractivity contribution is 9.10. The molecular weight excluding hydrogens is 478 g/mol. The minimum atomic E-state index is -0.181. The number of hydrogen-bond acceptors (Lipinski definition) is 5. The molecular formula is C26H30BrN5O. The topological polar surface area (TPSA) is 61.4 Å². The average Bonchev–Trinajstić information content (AvgIpc) is 2.87. The predicted octanol–water partition coefficient (Wildman–Crippen LogP) is 4.78. The fourth-order valence-electron chi connectivity index (χ4n) is 4.98. The summed E-state index contributed by atoms with van der Waals surface area (Å²) in [5.41, 5.74) is 3.02. The Morgan fingerprint density at radius 1 is 0.939 bits per heavy atom. The molecule has 1 aromatic carbocycles. The third-order valence-electron chi connectivity index (χ3n) is 6.83. The van der Waals surface area contributed by atoms with Gasteiger partial charge in [-0.15, -0.1) is 0 Å². The molecule has 1 N–H and O–H groups in total. The minimum absolute atomic E-state index is 0.181. The van der Waals surface area contributed by atoms with Gasteiger partial charge >= 0.3 is 0 Å². The smallest absolute Gasteiger partial charge is 0.270 e. The molecule has 33 heavy (non-hydrogen) atoms. The van der Waals surface area contributed by atoms with Crippen LogP contribution in [0.1, 0.15) is 48.2 Å². The van der Waals surface area contributed by atoms with Gasteiger partial charge in [0.2, 0.25) is 0 Å². The maximum absolute atomic E-state index is 12.6. The maximum atomic E-state index is 12.6. The summed E-state index contributed by atoms with van der Waals surface area (Å²) in [6.45, 7) is 4.71. The van der Waals surface area contributed by atoms with Gasteiger partial charge in [-0.2, -0.15) is 0 Å². The van der Waals surface area contributed by atoms with Crippen LogP contribution in [0.2, 0.25) is 0 Å². The Balaban J connectivity index is 1.21. The van der Waals surface area contributed by atoms with Gasteiger partial charge in [-0.25, -0.2) is 9.97 Å². The second-order valence-electron chi connectivity index (χ2n) is 9.03. The van der Waals surface area contributed by atoms with Crippen LogP contribution in [0, 0.1) is 0 Å². The number of amides is 1. The Bertz CT molecular complexity index is 1120. The predicted molar refractivity (Wildman–Crippen MR) is 136 cm³/mol. The monoisotopic (exact) mass is 507 g/mol. The van der Waals surface area contributed by atoms with Gasteiger partial charge in [0, 0.05) is 43.2 Å². The molecule has 172 valence electrons. The normalized spacial score (nSPS) is 17.9. The van der Waals surface area contributed by atoms with E-state index in [0.29, 0.717) is 12.2 Å². The summed E-state index contributed by atoms with van der Waals surface area (Å²) in [6, 6.07) is 16.4. The zero-order valence-electron chi connectivity index (χ0n) is 18.8. The van der Waals surface area contributed by atoms with Gasteiger partial charge in [0.15, 0.2) is 0 Å². The van der Waals surface area contributed by atoms with E-state index in [1.165, 1.54) is 32.1 Å². The summed E-state index contributed by atoms with van der Waals surface area (Å²) in [6.07, 6.45) is 6.89. The van der Waals surface area contributed by atoms with E-state index in [1.54, 1.807) is 6.07 Å². The van der Waals surface area contributed by atoms with Crippen LogP contribution in [0.4, 0.5) is 5.82 Å². The maximum Gasteiger partial charge on any atom is 0.270 e. The highest BCUT2D eigenvalue weighted by atomic mass is 79.9. The van der Waals surface area contributed by atoms with E-state index in [9.17, 15) is 4.79 Å². The highest BCUT2D eigenvalue weighted by Gasteiger charge is 2.25. The zero-order valence-corrected chi connectivity index (χ0v) is 20.4. The van der Waals surface area contributed by atoms with Gasteiger partial charge in [0.25, 0.3) is 5.91 Å². The number of pyridine rings is 2. The number of fused-ring (bicyclic) bond motifs is 1. The van der Waals surface area contributed by atoms with Gasteiger partial charge in [-0.1, -0.05) is 47.3 Å². The number of benzene rings is 1. The third kappa shape index (κ3) is 5.36. The molecule has 0 radical (unpaired) electrons. The van der Waals surface area contributed by atoms with Crippen LogP contribution >= 0.6 is 15.9 Å². The first-order valence-electron chi connectivity index (χ1n) is 12.0. The molecule has 5 rings (SSSR count). The third-order valence-corrected chi connectivity index (χ3v) is 7.33. The van der Waals surface area contributed by atoms with Crippen molar-refractivity contribution < 1.29 is 4.79 Å². The second kappa shape index (κ2) is 10.2. The number of carbonyl (C=O) groups excluding carboxylic acids is 1. The van der Waals surface area contributed by atoms with Crippen LogP contribution < -0.4 is 10.2 Å². The molecule has 0 bridgehead atoms. The van der Waals surface area contributed by atoms with Gasteiger partial charge in [0.1, 0.15) is 11.5 Å². The Labute approximate surface area is 203 Å². The van der Waals surface area contributed by atoms with Gasteiger partial charge in [-0.05, 0) is 54.8 Å². The van der Waals surface area contributed by atoms with Gasteiger partial charge in [-0.3, -0.25) is 9.69 Å². The first kappa shape index (κ1) is 22.3. The summed E-state index contributed by atoms with van der Waals surface area (Å²) in [4.78, 5) is 27.1. The van der Waals surface area contributed by atoms with E-state index in [0.717, 1.165) is 59.1 Å². The number of nitrogens with one attached hydrogen (secondary N) is 1.